The predicted octanol–water partition coefficient (Wildman–Crippen LogP) is 2.80. The fraction of sp³-hybridized carbons (Fsp3) is 0.167. The van der Waals surface area contributed by atoms with Crippen molar-refractivity contribution < 1.29 is 4.39 Å². The van der Waals surface area contributed by atoms with E-state index in [9.17, 15) is 4.39 Å². The molecule has 0 N–H and O–H groups in total. The molecule has 3 nitrogen and oxygen atoms in total. The summed E-state index contributed by atoms with van der Waals surface area (Å²) in [7, 11) is 3.69. The molecule has 2 rings (SSSR count). The third-order valence-electron chi connectivity index (χ3n) is 2.22. The molecule has 0 amide bonds. The van der Waals surface area contributed by atoms with Crippen molar-refractivity contribution in [2.45, 2.75) is 0 Å². The van der Waals surface area contributed by atoms with E-state index in [0.29, 0.717) is 11.5 Å². The van der Waals surface area contributed by atoms with Crippen LogP contribution in [0.25, 0.3) is 11.1 Å². The highest BCUT2D eigenvalue weighted by Gasteiger charge is 2.05. The lowest BCUT2D eigenvalue weighted by atomic mass is 10.1. The Morgan fingerprint density at radius 1 is 1.35 bits per heavy atom. The van der Waals surface area contributed by atoms with Crippen molar-refractivity contribution in [3.63, 3.8) is 0 Å². The van der Waals surface area contributed by atoms with Crippen LogP contribution in [0.3, 0.4) is 0 Å². The summed E-state index contributed by atoms with van der Waals surface area (Å²) in [6.07, 6.45) is 4.48. The number of benzene rings is 1. The fourth-order valence-corrected chi connectivity index (χ4v) is 1.49. The number of halogens is 2. The van der Waals surface area contributed by atoms with Gasteiger partial charge in [0.15, 0.2) is 0 Å². The molecule has 1 aromatic carbocycles. The van der Waals surface area contributed by atoms with Gasteiger partial charge in [-0.2, -0.15) is 0 Å². The van der Waals surface area contributed by atoms with Crippen molar-refractivity contribution >= 4 is 17.5 Å². The Balaban J connectivity index is 2.36. The zero-order valence-electron chi connectivity index (χ0n) is 9.41. The lowest BCUT2D eigenvalue weighted by Gasteiger charge is -2.09. The first-order chi connectivity index (χ1) is 8.08. The molecule has 1 aromatic heterocycles. The third kappa shape index (κ3) is 2.53. The molecule has 17 heavy (non-hydrogen) atoms. The summed E-state index contributed by atoms with van der Waals surface area (Å²) in [6.45, 7) is 0. The van der Waals surface area contributed by atoms with Crippen LogP contribution < -0.4 is 4.90 Å². The number of hydrogen-bond donors (Lipinski definition) is 0. The first-order valence-corrected chi connectivity index (χ1v) is 5.33. The maximum absolute atomic E-state index is 13.0. The lowest BCUT2D eigenvalue weighted by molar-refractivity contribution is 0.628. The SMILES string of the molecule is CN(C)c1n[c]c(-c2ccc(F)c(Cl)c2)cn1. The largest absolute Gasteiger partial charge is 0.347 e. The van der Waals surface area contributed by atoms with Gasteiger partial charge in [-0.1, -0.05) is 17.7 Å². The Kier molecular flexibility index (Phi) is 3.24. The van der Waals surface area contributed by atoms with Crippen LogP contribution in [0.2, 0.25) is 5.02 Å². The van der Waals surface area contributed by atoms with Gasteiger partial charge in [-0.05, 0) is 17.7 Å². The maximum atomic E-state index is 13.0. The summed E-state index contributed by atoms with van der Waals surface area (Å²) in [4.78, 5) is 9.99. The van der Waals surface area contributed by atoms with Crippen LogP contribution in [-0.2, 0) is 0 Å². The molecule has 0 saturated carbocycles. The van der Waals surface area contributed by atoms with E-state index in [0.717, 1.165) is 5.56 Å². The molecular weight excluding hydrogens is 241 g/mol. The Morgan fingerprint density at radius 3 is 2.65 bits per heavy atom. The molecule has 0 saturated heterocycles. The van der Waals surface area contributed by atoms with E-state index in [1.165, 1.54) is 12.1 Å². The maximum Gasteiger partial charge on any atom is 0.225 e. The quantitative estimate of drug-likeness (QED) is 0.821. The Morgan fingerprint density at radius 2 is 2.12 bits per heavy atom. The van der Waals surface area contributed by atoms with Gasteiger partial charge in [-0.3, -0.25) is 0 Å². The molecule has 1 radical (unpaired) electrons. The number of rotatable bonds is 2. The normalized spacial score (nSPS) is 10.4. The first kappa shape index (κ1) is 11.8. The second kappa shape index (κ2) is 4.67. The van der Waals surface area contributed by atoms with E-state index in [2.05, 4.69) is 16.2 Å². The minimum Gasteiger partial charge on any atom is -0.347 e. The van der Waals surface area contributed by atoms with Crippen LogP contribution in [0.4, 0.5) is 10.3 Å². The van der Waals surface area contributed by atoms with E-state index in [4.69, 9.17) is 11.6 Å². The van der Waals surface area contributed by atoms with Crippen molar-refractivity contribution in [2.75, 3.05) is 19.0 Å². The van der Waals surface area contributed by atoms with Crippen molar-refractivity contribution in [3.05, 3.63) is 41.4 Å². The molecule has 0 atom stereocenters. The average Bonchev–Trinajstić information content (AvgIpc) is 2.33. The van der Waals surface area contributed by atoms with Gasteiger partial charge in [0.2, 0.25) is 5.95 Å². The van der Waals surface area contributed by atoms with Gasteiger partial charge < -0.3 is 4.90 Å². The Bertz CT molecular complexity index is 526. The molecule has 0 aliphatic carbocycles. The summed E-state index contributed by atoms with van der Waals surface area (Å²) in [5.41, 5.74) is 1.42. The van der Waals surface area contributed by atoms with Gasteiger partial charge in [0, 0.05) is 25.9 Å². The summed E-state index contributed by atoms with van der Waals surface area (Å²) >= 11 is 5.71. The minimum absolute atomic E-state index is 0.0765. The number of nitrogens with zero attached hydrogens (tertiary/aromatic N) is 3. The summed E-state index contributed by atoms with van der Waals surface area (Å²) in [5.74, 6) is 0.128. The van der Waals surface area contributed by atoms with Gasteiger partial charge in [-0.25, -0.2) is 14.4 Å². The highest BCUT2D eigenvalue weighted by atomic mass is 35.5. The lowest BCUT2D eigenvalue weighted by Crippen LogP contribution is -2.12. The zero-order valence-corrected chi connectivity index (χ0v) is 10.2. The molecular formula is C12H10ClFN3. The molecule has 0 aliphatic heterocycles. The number of hydrogen-bond acceptors (Lipinski definition) is 3. The zero-order chi connectivity index (χ0) is 12.4. The molecule has 5 heteroatoms. The monoisotopic (exact) mass is 250 g/mol. The van der Waals surface area contributed by atoms with Crippen LogP contribution in [0.1, 0.15) is 0 Å². The third-order valence-corrected chi connectivity index (χ3v) is 2.51. The van der Waals surface area contributed by atoms with Crippen molar-refractivity contribution in [3.8, 4) is 11.1 Å². The summed E-state index contributed by atoms with van der Waals surface area (Å²) < 4.78 is 13.0. The first-order valence-electron chi connectivity index (χ1n) is 4.95. The average molecular weight is 251 g/mol. The molecule has 0 bridgehead atoms. The van der Waals surface area contributed by atoms with E-state index in [1.54, 1.807) is 17.2 Å². The van der Waals surface area contributed by atoms with Crippen LogP contribution in [0.5, 0.6) is 0 Å². The van der Waals surface area contributed by atoms with Gasteiger partial charge in [-0.15, -0.1) is 0 Å². The van der Waals surface area contributed by atoms with Gasteiger partial charge >= 0.3 is 0 Å². The van der Waals surface area contributed by atoms with E-state index < -0.39 is 5.82 Å². The standard InChI is InChI=1S/C12H10ClFN3/c1-17(2)12-15-6-9(7-16-12)8-3-4-11(14)10(13)5-8/h3-6H,1-2H3. The van der Waals surface area contributed by atoms with E-state index in [1.807, 2.05) is 14.1 Å². The fourth-order valence-electron chi connectivity index (χ4n) is 1.31. The molecule has 0 spiro atoms. The van der Waals surface area contributed by atoms with Crippen molar-refractivity contribution in [1.82, 2.24) is 9.97 Å². The smallest absolute Gasteiger partial charge is 0.225 e. The second-order valence-electron chi connectivity index (χ2n) is 3.72. The Hall–Kier alpha value is -1.68. The molecule has 0 fully saturated rings. The summed E-state index contributed by atoms with van der Waals surface area (Å²) in [6, 6.07) is 4.46. The molecule has 0 unspecified atom stereocenters. The second-order valence-corrected chi connectivity index (χ2v) is 4.13. The highest BCUT2D eigenvalue weighted by molar-refractivity contribution is 6.31. The van der Waals surface area contributed by atoms with E-state index >= 15 is 0 Å². The van der Waals surface area contributed by atoms with Gasteiger partial charge in [0.1, 0.15) is 12.0 Å². The van der Waals surface area contributed by atoms with Crippen molar-refractivity contribution in [2.24, 2.45) is 0 Å². The van der Waals surface area contributed by atoms with E-state index in [-0.39, 0.29) is 5.02 Å². The van der Waals surface area contributed by atoms with Gasteiger partial charge in [0.25, 0.3) is 0 Å². The summed E-state index contributed by atoms with van der Waals surface area (Å²) in [5, 5.41) is 0.0765. The van der Waals surface area contributed by atoms with Crippen molar-refractivity contribution in [1.29, 1.82) is 0 Å². The predicted molar refractivity (Wildman–Crippen MR) is 65.6 cm³/mol. The topological polar surface area (TPSA) is 29.0 Å². The van der Waals surface area contributed by atoms with Crippen LogP contribution >= 0.6 is 11.6 Å². The van der Waals surface area contributed by atoms with Crippen LogP contribution in [-0.4, -0.2) is 24.1 Å². The molecule has 87 valence electrons. The van der Waals surface area contributed by atoms with Crippen LogP contribution in [0, 0.1) is 12.0 Å². The van der Waals surface area contributed by atoms with Crippen LogP contribution in [0.15, 0.2) is 24.4 Å². The highest BCUT2D eigenvalue weighted by Crippen LogP contribution is 2.23. The molecule has 1 heterocycles. The molecule has 2 aromatic rings. The number of aromatic nitrogens is 2. The molecule has 0 aliphatic rings. The Labute approximate surface area is 104 Å². The minimum atomic E-state index is -0.443. The number of anilines is 1. The van der Waals surface area contributed by atoms with Gasteiger partial charge in [0.05, 0.1) is 5.02 Å².